The highest BCUT2D eigenvalue weighted by molar-refractivity contribution is 7.63. The van der Waals surface area contributed by atoms with Crippen LogP contribution in [0.3, 0.4) is 0 Å². The smallest absolute Gasteiger partial charge is 0.238 e. The van der Waals surface area contributed by atoms with Crippen molar-refractivity contribution in [2.75, 3.05) is 0 Å². The third kappa shape index (κ3) is 2.59. The molecule has 0 spiro atoms. The summed E-state index contributed by atoms with van der Waals surface area (Å²) in [4.78, 5) is 2.71. The number of rotatable bonds is 1. The summed E-state index contributed by atoms with van der Waals surface area (Å²) in [5, 5.41) is 11.5. The Labute approximate surface area is 137 Å². The van der Waals surface area contributed by atoms with Gasteiger partial charge in [0, 0.05) is 5.39 Å². The van der Waals surface area contributed by atoms with Crippen LogP contribution in [0.15, 0.2) is 42.5 Å². The van der Waals surface area contributed by atoms with Crippen molar-refractivity contribution in [1.29, 1.82) is 0 Å². The van der Waals surface area contributed by atoms with Gasteiger partial charge in [0.1, 0.15) is 5.75 Å². The summed E-state index contributed by atoms with van der Waals surface area (Å²) in [7, 11) is -2.41. The van der Waals surface area contributed by atoms with Crippen LogP contribution in [0.4, 0.5) is 0 Å². The van der Waals surface area contributed by atoms with E-state index in [1.165, 1.54) is 12.1 Å². The third-order valence-electron chi connectivity index (χ3n) is 3.28. The van der Waals surface area contributed by atoms with Crippen molar-refractivity contribution < 1.29 is 13.5 Å². The van der Waals surface area contributed by atoms with E-state index < -0.39 is 10.3 Å². The highest BCUT2D eigenvalue weighted by atomic mass is 35.5. The second-order valence-electron chi connectivity index (χ2n) is 4.61. The number of H-pyrrole nitrogens is 1. The molecule has 0 amide bonds. The quantitative estimate of drug-likeness (QED) is 0.642. The number of benzene rings is 2. The van der Waals surface area contributed by atoms with Crippen molar-refractivity contribution in [2.24, 2.45) is 0 Å². The molecule has 3 aromatic rings. The van der Waals surface area contributed by atoms with Gasteiger partial charge < -0.3 is 10.1 Å². The number of hydrogen-bond acceptors (Lipinski definition) is 3. The molecule has 2 N–H and O–H groups in total. The zero-order valence-corrected chi connectivity index (χ0v) is 13.3. The zero-order valence-electron chi connectivity index (χ0n) is 11.0. The zero-order chi connectivity index (χ0) is 15.9. The van der Waals surface area contributed by atoms with E-state index >= 15 is 0 Å². The molecule has 0 atom stereocenters. The summed E-state index contributed by atoms with van der Waals surface area (Å²) < 4.78 is 22.1. The Morgan fingerprint density at radius 2 is 1.73 bits per heavy atom. The molecule has 0 aliphatic rings. The van der Waals surface area contributed by atoms with Crippen LogP contribution < -0.4 is 0 Å². The molecule has 0 aliphatic carbocycles. The van der Waals surface area contributed by atoms with Gasteiger partial charge in [-0.05, 0) is 47.5 Å². The van der Waals surface area contributed by atoms with Crippen molar-refractivity contribution in [2.45, 2.75) is 0 Å². The minimum Gasteiger partial charge on any atom is -0.506 e. The summed E-state index contributed by atoms with van der Waals surface area (Å²) in [6.45, 7) is 0. The van der Waals surface area contributed by atoms with Crippen LogP contribution in [0.1, 0.15) is 0 Å². The van der Waals surface area contributed by atoms with Crippen LogP contribution in [0.5, 0.6) is 5.75 Å². The fourth-order valence-corrected chi connectivity index (χ4v) is 2.91. The number of halogens is 2. The maximum absolute atomic E-state index is 11.0. The Morgan fingerprint density at radius 1 is 0.955 bits per heavy atom. The van der Waals surface area contributed by atoms with Gasteiger partial charge in [-0.2, -0.15) is 8.42 Å². The molecular weight excluding hydrogens is 345 g/mol. The second kappa shape index (κ2) is 5.68. The molecule has 0 unspecified atom stereocenters. The predicted octanol–water partition coefficient (Wildman–Crippen LogP) is 4.26. The number of aromatic hydroxyl groups is 1. The first-order valence-electron chi connectivity index (χ1n) is 6.20. The number of nitrogens with one attached hydrogen (secondary N) is 1. The van der Waals surface area contributed by atoms with Crippen molar-refractivity contribution in [1.82, 2.24) is 4.98 Å². The molecule has 0 saturated carbocycles. The average Bonchev–Trinajstić information content (AvgIpc) is 2.50. The van der Waals surface area contributed by atoms with Crippen molar-refractivity contribution in [3.8, 4) is 16.9 Å². The maximum Gasteiger partial charge on any atom is 0.238 e. The predicted molar refractivity (Wildman–Crippen MR) is 87.6 cm³/mol. The van der Waals surface area contributed by atoms with Crippen molar-refractivity contribution in [3.63, 3.8) is 0 Å². The lowest BCUT2D eigenvalue weighted by Crippen LogP contribution is -1.87. The topological polar surface area (TPSA) is 70.2 Å². The summed E-state index contributed by atoms with van der Waals surface area (Å²) in [5.41, 5.74) is 1.94. The monoisotopic (exact) mass is 353 g/mol. The first-order valence-corrected chi connectivity index (χ1v) is 8.03. The van der Waals surface area contributed by atoms with E-state index in [1.807, 2.05) is 0 Å². The Kier molecular flexibility index (Phi) is 3.87. The standard InChI is InChI=1S/C15H9Cl2NO3S/c16-11-4-1-8(7-12(11)17)9-2-5-13(19)15-10(9)3-6-14(18-15)22(20)21/h1-7,18-19H. The molecule has 0 fully saturated rings. The van der Waals surface area contributed by atoms with Gasteiger partial charge in [0.25, 0.3) is 0 Å². The van der Waals surface area contributed by atoms with Gasteiger partial charge in [-0.3, -0.25) is 0 Å². The minimum atomic E-state index is -2.41. The van der Waals surface area contributed by atoms with Crippen molar-refractivity contribution >= 4 is 44.4 Å². The van der Waals surface area contributed by atoms with Crippen LogP contribution in [-0.2, 0) is 10.3 Å². The lowest BCUT2D eigenvalue weighted by atomic mass is 10.0. The fraction of sp³-hybridized carbons (Fsp3) is 0. The number of phenols is 1. The summed E-state index contributed by atoms with van der Waals surface area (Å²) in [6.07, 6.45) is 0. The Morgan fingerprint density at radius 3 is 2.41 bits per heavy atom. The maximum atomic E-state index is 11.0. The van der Waals surface area contributed by atoms with E-state index in [0.29, 0.717) is 20.9 Å². The largest absolute Gasteiger partial charge is 0.506 e. The molecule has 7 heteroatoms. The number of phenolic OH excluding ortho intramolecular Hbond substituents is 1. The summed E-state index contributed by atoms with van der Waals surface area (Å²) in [5.74, 6) is -0.0360. The molecule has 0 bridgehead atoms. The van der Waals surface area contributed by atoms with E-state index in [2.05, 4.69) is 4.98 Å². The van der Waals surface area contributed by atoms with E-state index in [9.17, 15) is 13.5 Å². The average molecular weight is 354 g/mol. The Hall–Kier alpha value is -1.95. The lowest BCUT2D eigenvalue weighted by Gasteiger charge is -2.09. The molecule has 22 heavy (non-hydrogen) atoms. The highest BCUT2D eigenvalue weighted by Gasteiger charge is 2.09. The molecule has 0 aliphatic heterocycles. The molecule has 0 saturated heterocycles. The second-order valence-corrected chi connectivity index (χ2v) is 6.33. The van der Waals surface area contributed by atoms with Gasteiger partial charge in [-0.25, -0.2) is 0 Å². The van der Waals surface area contributed by atoms with Crippen LogP contribution in [0.2, 0.25) is 10.0 Å². The highest BCUT2D eigenvalue weighted by Crippen LogP contribution is 2.35. The lowest BCUT2D eigenvalue weighted by molar-refractivity contribution is 0.480. The van der Waals surface area contributed by atoms with Gasteiger partial charge in [-0.1, -0.05) is 29.3 Å². The normalized spacial score (nSPS) is 10.8. The Bertz CT molecular complexity index is 1060. The number of hydrogen-bond donors (Lipinski definition) is 2. The molecular formula is C15H9Cl2NO3S. The van der Waals surface area contributed by atoms with Gasteiger partial charge in [0.15, 0.2) is 4.64 Å². The Balaban J connectivity index is 2.38. The molecule has 1 heterocycles. The van der Waals surface area contributed by atoms with Crippen LogP contribution in [0, 0.1) is 4.64 Å². The molecule has 112 valence electrons. The van der Waals surface area contributed by atoms with Crippen LogP contribution in [-0.4, -0.2) is 18.5 Å². The minimum absolute atomic E-state index is 0.00547. The molecule has 4 nitrogen and oxygen atoms in total. The van der Waals surface area contributed by atoms with Crippen LogP contribution in [0.25, 0.3) is 22.0 Å². The van der Waals surface area contributed by atoms with E-state index in [0.717, 1.165) is 11.1 Å². The van der Waals surface area contributed by atoms with E-state index in [-0.39, 0.29) is 10.4 Å². The first-order chi connectivity index (χ1) is 10.5. The fourth-order valence-electron chi connectivity index (χ4n) is 2.25. The number of fused-ring (bicyclic) bond motifs is 1. The van der Waals surface area contributed by atoms with Gasteiger partial charge in [-0.15, -0.1) is 0 Å². The van der Waals surface area contributed by atoms with Gasteiger partial charge in [0.2, 0.25) is 10.3 Å². The summed E-state index contributed by atoms with van der Waals surface area (Å²) in [6, 6.07) is 11.5. The first kappa shape index (κ1) is 15.0. The van der Waals surface area contributed by atoms with E-state index in [1.54, 1.807) is 30.3 Å². The SMILES string of the molecule is O=S(=O)=c1ccc2c(-c3ccc(Cl)c(Cl)c3)ccc(O)c2[nH]1. The van der Waals surface area contributed by atoms with Gasteiger partial charge in [0.05, 0.1) is 15.6 Å². The number of aromatic nitrogens is 1. The summed E-state index contributed by atoms with van der Waals surface area (Å²) >= 11 is 12.0. The van der Waals surface area contributed by atoms with E-state index in [4.69, 9.17) is 23.2 Å². The third-order valence-corrected chi connectivity index (χ3v) is 4.62. The molecule has 3 rings (SSSR count). The van der Waals surface area contributed by atoms with Crippen molar-refractivity contribution in [3.05, 3.63) is 57.2 Å². The molecule has 1 aromatic heterocycles. The van der Waals surface area contributed by atoms with Crippen LogP contribution >= 0.6 is 23.2 Å². The van der Waals surface area contributed by atoms with Gasteiger partial charge >= 0.3 is 0 Å². The number of pyridine rings is 1. The molecule has 2 aromatic carbocycles. The number of aromatic amines is 1. The molecule has 0 radical (unpaired) electrons.